The zero-order valence-corrected chi connectivity index (χ0v) is 16.6. The Balaban J connectivity index is 1.69. The maximum Gasteiger partial charge on any atom is 0.321 e. The molecule has 0 unspecified atom stereocenters. The Bertz CT molecular complexity index is 915. The van der Waals surface area contributed by atoms with Crippen LogP contribution in [0, 0.1) is 19.8 Å². The van der Waals surface area contributed by atoms with Gasteiger partial charge in [-0.2, -0.15) is 0 Å². The summed E-state index contributed by atoms with van der Waals surface area (Å²) in [7, 11) is -1.94. The van der Waals surface area contributed by atoms with Crippen molar-refractivity contribution < 1.29 is 13.2 Å². The highest BCUT2D eigenvalue weighted by Crippen LogP contribution is 2.29. The van der Waals surface area contributed by atoms with Crippen molar-refractivity contribution in [1.82, 2.24) is 4.90 Å². The van der Waals surface area contributed by atoms with Crippen LogP contribution in [-0.4, -0.2) is 32.9 Å². The number of amides is 2. The number of anilines is 2. The lowest BCUT2D eigenvalue weighted by Crippen LogP contribution is -2.32. The summed E-state index contributed by atoms with van der Waals surface area (Å²) in [5, 5.41) is 2.79. The molecule has 1 aliphatic rings. The molecule has 0 heterocycles. The van der Waals surface area contributed by atoms with Crippen molar-refractivity contribution in [2.45, 2.75) is 31.6 Å². The number of urea groups is 1. The quantitative estimate of drug-likeness (QED) is 0.787. The molecule has 1 fully saturated rings. The van der Waals surface area contributed by atoms with Crippen LogP contribution in [0.4, 0.5) is 16.2 Å². The maximum absolute atomic E-state index is 12.7. The predicted octanol–water partition coefficient (Wildman–Crippen LogP) is 3.98. The Morgan fingerprint density at radius 1 is 1.07 bits per heavy atom. The third-order valence-corrected chi connectivity index (χ3v) is 6.07. The molecule has 1 aliphatic carbocycles. The summed E-state index contributed by atoms with van der Waals surface area (Å²) in [5.74, 6) is 0.615. The van der Waals surface area contributed by atoms with E-state index in [-0.39, 0.29) is 10.9 Å². The van der Waals surface area contributed by atoms with Gasteiger partial charge in [0.05, 0.1) is 10.6 Å². The van der Waals surface area contributed by atoms with Crippen LogP contribution in [0.25, 0.3) is 0 Å². The van der Waals surface area contributed by atoms with Crippen LogP contribution in [0.2, 0.25) is 0 Å². The molecule has 0 spiro atoms. The number of hydrogen-bond donors (Lipinski definition) is 2. The minimum absolute atomic E-state index is 0.148. The van der Waals surface area contributed by atoms with Gasteiger partial charge in [0.2, 0.25) is 0 Å². The van der Waals surface area contributed by atoms with Crippen LogP contribution in [0.15, 0.2) is 47.4 Å². The molecule has 0 atom stereocenters. The fourth-order valence-electron chi connectivity index (χ4n) is 2.88. The lowest BCUT2D eigenvalue weighted by Gasteiger charge is -2.18. The normalized spacial score (nSPS) is 13.9. The molecule has 0 radical (unpaired) electrons. The molecule has 2 aromatic rings. The second-order valence-corrected chi connectivity index (χ2v) is 8.83. The number of carbonyl (C=O) groups excluding carboxylic acids is 1. The van der Waals surface area contributed by atoms with Gasteiger partial charge in [0.15, 0.2) is 0 Å². The van der Waals surface area contributed by atoms with E-state index in [1.54, 1.807) is 24.1 Å². The Kier molecular flexibility index (Phi) is 5.41. The molecule has 7 heteroatoms. The summed E-state index contributed by atoms with van der Waals surface area (Å²) in [6, 6.07) is 11.6. The van der Waals surface area contributed by atoms with Crippen molar-refractivity contribution in [2.24, 2.45) is 5.92 Å². The summed E-state index contributed by atoms with van der Waals surface area (Å²) in [5.41, 5.74) is 2.88. The van der Waals surface area contributed by atoms with Gasteiger partial charge in [0, 0.05) is 19.3 Å². The van der Waals surface area contributed by atoms with E-state index in [0.717, 1.165) is 17.7 Å². The van der Waals surface area contributed by atoms with Gasteiger partial charge in [-0.05, 0) is 68.0 Å². The van der Waals surface area contributed by atoms with Gasteiger partial charge >= 0.3 is 6.03 Å². The zero-order valence-electron chi connectivity index (χ0n) is 15.8. The monoisotopic (exact) mass is 387 g/mol. The van der Waals surface area contributed by atoms with Gasteiger partial charge in [0.25, 0.3) is 10.0 Å². The first-order valence-electron chi connectivity index (χ1n) is 8.97. The van der Waals surface area contributed by atoms with Gasteiger partial charge in [-0.1, -0.05) is 18.2 Å². The summed E-state index contributed by atoms with van der Waals surface area (Å²) >= 11 is 0. The van der Waals surface area contributed by atoms with E-state index in [0.29, 0.717) is 17.3 Å². The average molecular weight is 388 g/mol. The Hall–Kier alpha value is -2.54. The van der Waals surface area contributed by atoms with Crippen LogP contribution in [0.1, 0.15) is 24.0 Å². The van der Waals surface area contributed by atoms with Crippen molar-refractivity contribution in [1.29, 1.82) is 0 Å². The van der Waals surface area contributed by atoms with Crippen LogP contribution in [0.5, 0.6) is 0 Å². The van der Waals surface area contributed by atoms with E-state index in [2.05, 4.69) is 10.0 Å². The molecule has 2 N–H and O–H groups in total. The summed E-state index contributed by atoms with van der Waals surface area (Å²) in [4.78, 5) is 14.0. The Labute approximate surface area is 160 Å². The first-order valence-corrected chi connectivity index (χ1v) is 10.5. The van der Waals surface area contributed by atoms with E-state index in [9.17, 15) is 13.2 Å². The van der Waals surface area contributed by atoms with E-state index in [1.807, 2.05) is 32.0 Å². The number of nitrogens with zero attached hydrogens (tertiary/aromatic N) is 1. The highest BCUT2D eigenvalue weighted by Gasteiger charge is 2.25. The fourth-order valence-corrected chi connectivity index (χ4v) is 4.08. The van der Waals surface area contributed by atoms with E-state index >= 15 is 0 Å². The molecular weight excluding hydrogens is 362 g/mol. The third-order valence-electron chi connectivity index (χ3n) is 4.71. The Morgan fingerprint density at radius 2 is 1.67 bits per heavy atom. The van der Waals surface area contributed by atoms with Crippen LogP contribution < -0.4 is 10.0 Å². The topological polar surface area (TPSA) is 78.5 Å². The van der Waals surface area contributed by atoms with Gasteiger partial charge in [0.1, 0.15) is 0 Å². The summed E-state index contributed by atoms with van der Waals surface area (Å²) in [6.45, 7) is 4.47. The van der Waals surface area contributed by atoms with Crippen molar-refractivity contribution in [3.63, 3.8) is 0 Å². The lowest BCUT2D eigenvalue weighted by atomic mass is 10.1. The van der Waals surface area contributed by atoms with E-state index in [4.69, 9.17) is 0 Å². The first kappa shape index (κ1) is 19.2. The molecule has 2 aromatic carbocycles. The number of rotatable bonds is 6. The number of para-hydroxylation sites is 1. The molecule has 3 rings (SSSR count). The van der Waals surface area contributed by atoms with Crippen molar-refractivity contribution in [3.05, 3.63) is 53.6 Å². The second kappa shape index (κ2) is 7.60. The molecule has 0 bridgehead atoms. The largest absolute Gasteiger partial charge is 0.327 e. The Morgan fingerprint density at radius 3 is 2.22 bits per heavy atom. The highest BCUT2D eigenvalue weighted by atomic mass is 32.2. The molecular formula is C20H25N3O3S. The predicted molar refractivity (Wildman–Crippen MR) is 108 cm³/mol. The molecule has 144 valence electrons. The summed E-state index contributed by atoms with van der Waals surface area (Å²) < 4.78 is 28.0. The van der Waals surface area contributed by atoms with Gasteiger partial charge in [-0.25, -0.2) is 13.2 Å². The first-order chi connectivity index (χ1) is 12.8. The fraction of sp³-hybridized carbons (Fsp3) is 0.350. The van der Waals surface area contributed by atoms with Gasteiger partial charge in [-0.3, -0.25) is 4.72 Å². The molecule has 0 aromatic heterocycles. The third kappa shape index (κ3) is 4.80. The number of aryl methyl sites for hydroxylation is 2. The maximum atomic E-state index is 12.7. The highest BCUT2D eigenvalue weighted by molar-refractivity contribution is 7.92. The molecule has 0 aliphatic heterocycles. The SMILES string of the molecule is Cc1cccc(C)c1NS(=O)(=O)c1ccc(NC(=O)N(C)CC2CC2)cc1. The second-order valence-electron chi connectivity index (χ2n) is 7.15. The molecule has 27 heavy (non-hydrogen) atoms. The van der Waals surface area contributed by atoms with E-state index < -0.39 is 10.0 Å². The molecule has 1 saturated carbocycles. The zero-order chi connectivity index (χ0) is 19.6. The summed E-state index contributed by atoms with van der Waals surface area (Å²) in [6.07, 6.45) is 2.36. The van der Waals surface area contributed by atoms with Crippen molar-refractivity contribution in [3.8, 4) is 0 Å². The average Bonchev–Trinajstić information content (AvgIpc) is 3.43. The van der Waals surface area contributed by atoms with Gasteiger partial charge in [-0.15, -0.1) is 0 Å². The number of benzene rings is 2. The smallest absolute Gasteiger partial charge is 0.321 e. The lowest BCUT2D eigenvalue weighted by molar-refractivity contribution is 0.220. The van der Waals surface area contributed by atoms with E-state index in [1.165, 1.54) is 25.0 Å². The van der Waals surface area contributed by atoms with Crippen molar-refractivity contribution in [2.75, 3.05) is 23.6 Å². The van der Waals surface area contributed by atoms with Crippen LogP contribution in [0.3, 0.4) is 0 Å². The number of nitrogens with one attached hydrogen (secondary N) is 2. The standard InChI is InChI=1S/C20H25N3O3S/c1-14-5-4-6-15(2)19(14)22-27(25,26)18-11-9-17(10-12-18)21-20(24)23(3)13-16-7-8-16/h4-6,9-12,16,22H,7-8,13H2,1-3H3,(H,21,24). The molecule has 2 amide bonds. The molecule has 0 saturated heterocycles. The van der Waals surface area contributed by atoms with Gasteiger partial charge < -0.3 is 10.2 Å². The minimum atomic E-state index is -3.70. The molecule has 6 nitrogen and oxygen atoms in total. The van der Waals surface area contributed by atoms with Crippen LogP contribution in [-0.2, 0) is 10.0 Å². The van der Waals surface area contributed by atoms with Crippen molar-refractivity contribution >= 4 is 27.4 Å². The number of sulfonamides is 1. The van der Waals surface area contributed by atoms with Crippen LogP contribution >= 0.6 is 0 Å². The number of hydrogen-bond acceptors (Lipinski definition) is 3. The number of carbonyl (C=O) groups is 1. The minimum Gasteiger partial charge on any atom is -0.327 e.